The number of hydrogen-bond acceptors (Lipinski definition) is 5. The Morgan fingerprint density at radius 2 is 2.17 bits per heavy atom. The second-order valence-corrected chi connectivity index (χ2v) is 6.00. The van der Waals surface area contributed by atoms with E-state index in [4.69, 9.17) is 4.74 Å². The molecule has 23 heavy (non-hydrogen) atoms. The molecule has 2 rings (SSSR count). The molecule has 6 nitrogen and oxygen atoms in total. The number of piperidine rings is 1. The average molecular weight is 320 g/mol. The summed E-state index contributed by atoms with van der Waals surface area (Å²) in [6.07, 6.45) is 1.79. The van der Waals surface area contributed by atoms with Crippen molar-refractivity contribution < 1.29 is 14.5 Å². The van der Waals surface area contributed by atoms with Gasteiger partial charge in [0.15, 0.2) is 0 Å². The number of rotatable bonds is 7. The van der Waals surface area contributed by atoms with Crippen LogP contribution in [0.3, 0.4) is 0 Å². The zero-order valence-electron chi connectivity index (χ0n) is 13.5. The number of carbonyl (C=O) groups is 1. The largest absolute Gasteiger partial charge is 0.466 e. The van der Waals surface area contributed by atoms with Crippen molar-refractivity contribution in [2.24, 2.45) is 11.8 Å². The van der Waals surface area contributed by atoms with Crippen molar-refractivity contribution in [3.05, 3.63) is 46.0 Å². The number of nitrogens with zero attached hydrogens (tertiary/aromatic N) is 2. The van der Waals surface area contributed by atoms with Crippen molar-refractivity contribution in [1.82, 2.24) is 4.90 Å². The summed E-state index contributed by atoms with van der Waals surface area (Å²) in [5.41, 5.74) is 1.22. The molecule has 6 heteroatoms. The highest BCUT2D eigenvalue weighted by Gasteiger charge is 2.36. The van der Waals surface area contributed by atoms with Crippen molar-refractivity contribution in [2.75, 3.05) is 26.2 Å². The number of likely N-dealkylation sites (tertiary alicyclic amines) is 1. The molecule has 1 aliphatic heterocycles. The topological polar surface area (TPSA) is 72.7 Å². The maximum atomic E-state index is 12.1. The average Bonchev–Trinajstić information content (AvgIpc) is 2.54. The number of benzene rings is 1. The van der Waals surface area contributed by atoms with Crippen LogP contribution in [0.1, 0.15) is 25.3 Å². The molecule has 0 aliphatic carbocycles. The predicted molar refractivity (Wildman–Crippen MR) is 86.4 cm³/mol. The Kier molecular flexibility index (Phi) is 6.52. The summed E-state index contributed by atoms with van der Waals surface area (Å²) in [4.78, 5) is 24.9. The lowest BCUT2D eigenvalue weighted by Gasteiger charge is -2.35. The van der Waals surface area contributed by atoms with Gasteiger partial charge in [0.1, 0.15) is 5.92 Å². The molecule has 1 aliphatic rings. The Bertz CT molecular complexity index is 521. The summed E-state index contributed by atoms with van der Waals surface area (Å²) in [5.74, 6) is -1.10. The van der Waals surface area contributed by atoms with Crippen molar-refractivity contribution in [3.63, 3.8) is 0 Å². The number of nitro groups is 1. The van der Waals surface area contributed by atoms with E-state index in [2.05, 4.69) is 17.0 Å². The Labute approximate surface area is 136 Å². The van der Waals surface area contributed by atoms with E-state index >= 15 is 0 Å². The molecule has 126 valence electrons. The van der Waals surface area contributed by atoms with E-state index in [1.165, 1.54) is 5.56 Å². The highest BCUT2D eigenvalue weighted by atomic mass is 16.6. The van der Waals surface area contributed by atoms with Crippen LogP contribution in [0.25, 0.3) is 0 Å². The smallest absolute Gasteiger partial charge is 0.315 e. The highest BCUT2D eigenvalue weighted by Crippen LogP contribution is 2.26. The van der Waals surface area contributed by atoms with Crippen LogP contribution in [0.2, 0.25) is 0 Å². The van der Waals surface area contributed by atoms with Gasteiger partial charge in [-0.2, -0.15) is 0 Å². The first-order chi connectivity index (χ1) is 11.1. The molecule has 0 saturated carbocycles. The summed E-state index contributed by atoms with van der Waals surface area (Å²) >= 11 is 0. The zero-order chi connectivity index (χ0) is 16.7. The first-order valence-corrected chi connectivity index (χ1v) is 8.15. The number of ether oxygens (including phenoxy) is 1. The summed E-state index contributed by atoms with van der Waals surface area (Å²) in [7, 11) is 0. The molecule has 1 aromatic rings. The van der Waals surface area contributed by atoms with E-state index in [0.29, 0.717) is 6.54 Å². The Morgan fingerprint density at radius 3 is 2.83 bits per heavy atom. The Hall–Kier alpha value is -1.95. The molecule has 2 atom stereocenters. The first kappa shape index (κ1) is 17.4. The van der Waals surface area contributed by atoms with Crippen LogP contribution in [0.15, 0.2) is 30.3 Å². The molecule has 0 spiro atoms. The molecule has 0 radical (unpaired) electrons. The third-order valence-electron chi connectivity index (χ3n) is 4.30. The van der Waals surface area contributed by atoms with Gasteiger partial charge in [-0.3, -0.25) is 19.8 Å². The van der Waals surface area contributed by atoms with Crippen LogP contribution < -0.4 is 0 Å². The SMILES string of the molecule is CCOC(=O)C(C[N+](=O)[O-])C1CCCN(Cc2ccccc2)C1. The molecule has 0 aromatic heterocycles. The zero-order valence-corrected chi connectivity index (χ0v) is 13.5. The minimum Gasteiger partial charge on any atom is -0.466 e. The van der Waals surface area contributed by atoms with Crippen molar-refractivity contribution in [1.29, 1.82) is 0 Å². The van der Waals surface area contributed by atoms with E-state index < -0.39 is 16.8 Å². The van der Waals surface area contributed by atoms with Crippen LogP contribution in [-0.4, -0.2) is 42.0 Å². The van der Waals surface area contributed by atoms with E-state index in [0.717, 1.165) is 25.9 Å². The standard InChI is InChI=1S/C17H24N2O4/c1-2-23-17(20)16(13-19(21)22)15-9-6-10-18(12-15)11-14-7-4-3-5-8-14/h3-5,7-8,15-16H,2,6,9-13H2,1H3. The van der Waals surface area contributed by atoms with Crippen LogP contribution in [0, 0.1) is 22.0 Å². The summed E-state index contributed by atoms with van der Waals surface area (Å²) < 4.78 is 5.05. The molecule has 1 fully saturated rings. The van der Waals surface area contributed by atoms with Gasteiger partial charge in [0, 0.05) is 18.0 Å². The van der Waals surface area contributed by atoms with Gasteiger partial charge < -0.3 is 4.74 Å². The lowest BCUT2D eigenvalue weighted by atomic mass is 9.85. The summed E-state index contributed by atoms with van der Waals surface area (Å²) in [5, 5.41) is 10.9. The molecule has 0 amide bonds. The monoisotopic (exact) mass is 320 g/mol. The lowest BCUT2D eigenvalue weighted by Crippen LogP contribution is -2.42. The molecule has 1 heterocycles. The lowest BCUT2D eigenvalue weighted by molar-refractivity contribution is -0.488. The fourth-order valence-electron chi connectivity index (χ4n) is 3.23. The van der Waals surface area contributed by atoms with E-state index in [9.17, 15) is 14.9 Å². The maximum Gasteiger partial charge on any atom is 0.315 e. The molecular weight excluding hydrogens is 296 g/mol. The van der Waals surface area contributed by atoms with Crippen molar-refractivity contribution >= 4 is 5.97 Å². The number of carbonyl (C=O) groups excluding carboxylic acids is 1. The molecule has 2 unspecified atom stereocenters. The van der Waals surface area contributed by atoms with Gasteiger partial charge in [-0.15, -0.1) is 0 Å². The van der Waals surface area contributed by atoms with E-state index in [1.54, 1.807) is 6.92 Å². The first-order valence-electron chi connectivity index (χ1n) is 8.15. The van der Waals surface area contributed by atoms with Gasteiger partial charge in [-0.1, -0.05) is 30.3 Å². The van der Waals surface area contributed by atoms with Crippen molar-refractivity contribution in [2.45, 2.75) is 26.3 Å². The van der Waals surface area contributed by atoms with Crippen LogP contribution in [0.5, 0.6) is 0 Å². The number of hydrogen-bond donors (Lipinski definition) is 0. The van der Waals surface area contributed by atoms with Crippen LogP contribution in [0.4, 0.5) is 0 Å². The third kappa shape index (κ3) is 5.32. The van der Waals surface area contributed by atoms with Gasteiger partial charge in [-0.25, -0.2) is 0 Å². The van der Waals surface area contributed by atoms with Gasteiger partial charge in [0.2, 0.25) is 6.54 Å². The van der Waals surface area contributed by atoms with Crippen LogP contribution in [-0.2, 0) is 16.1 Å². The van der Waals surface area contributed by atoms with Crippen LogP contribution >= 0.6 is 0 Å². The summed E-state index contributed by atoms with van der Waals surface area (Å²) in [6, 6.07) is 10.1. The fourth-order valence-corrected chi connectivity index (χ4v) is 3.23. The Morgan fingerprint density at radius 1 is 1.43 bits per heavy atom. The second-order valence-electron chi connectivity index (χ2n) is 6.00. The molecule has 1 aromatic carbocycles. The third-order valence-corrected chi connectivity index (χ3v) is 4.30. The molecule has 0 bridgehead atoms. The molecular formula is C17H24N2O4. The minimum atomic E-state index is -0.650. The second kappa shape index (κ2) is 8.62. The predicted octanol–water partition coefficient (Wildman–Crippen LogP) is 2.35. The number of esters is 1. The van der Waals surface area contributed by atoms with E-state index in [-0.39, 0.29) is 19.1 Å². The molecule has 0 N–H and O–H groups in total. The normalized spacial score (nSPS) is 20.0. The van der Waals surface area contributed by atoms with Gasteiger partial charge in [0.25, 0.3) is 0 Å². The van der Waals surface area contributed by atoms with E-state index in [1.807, 2.05) is 18.2 Å². The Balaban J connectivity index is 2.01. The van der Waals surface area contributed by atoms with Gasteiger partial charge >= 0.3 is 5.97 Å². The highest BCUT2D eigenvalue weighted by molar-refractivity contribution is 5.73. The fraction of sp³-hybridized carbons (Fsp3) is 0.588. The summed E-state index contributed by atoms with van der Waals surface area (Å²) in [6.45, 7) is 4.11. The quantitative estimate of drug-likeness (QED) is 0.438. The minimum absolute atomic E-state index is 0.0167. The van der Waals surface area contributed by atoms with Crippen molar-refractivity contribution in [3.8, 4) is 0 Å². The molecule has 1 saturated heterocycles. The van der Waals surface area contributed by atoms with Gasteiger partial charge in [0.05, 0.1) is 6.61 Å². The maximum absolute atomic E-state index is 12.1. The van der Waals surface area contributed by atoms with Gasteiger partial charge in [-0.05, 0) is 37.8 Å².